The van der Waals surface area contributed by atoms with Gasteiger partial charge in [-0.3, -0.25) is 14.5 Å². The Labute approximate surface area is 213 Å². The molecule has 0 bridgehead atoms. The van der Waals surface area contributed by atoms with Gasteiger partial charge in [0.1, 0.15) is 5.69 Å². The van der Waals surface area contributed by atoms with Crippen LogP contribution in [0.2, 0.25) is 0 Å². The van der Waals surface area contributed by atoms with Gasteiger partial charge in [-0.25, -0.2) is 4.98 Å². The molecule has 1 aromatic heterocycles. The molecule has 37 heavy (non-hydrogen) atoms. The lowest BCUT2D eigenvalue weighted by Gasteiger charge is -2.43. The van der Waals surface area contributed by atoms with Crippen LogP contribution in [0.25, 0.3) is 0 Å². The van der Waals surface area contributed by atoms with Crippen molar-refractivity contribution >= 4 is 17.5 Å². The first-order valence-corrected chi connectivity index (χ1v) is 12.8. The normalized spacial score (nSPS) is 20.1. The molecule has 0 spiro atoms. The molecule has 2 saturated heterocycles. The highest BCUT2D eigenvalue weighted by Crippen LogP contribution is 2.43. The monoisotopic (exact) mass is 516 g/mol. The van der Waals surface area contributed by atoms with Gasteiger partial charge in [0.2, 0.25) is 11.8 Å². The van der Waals surface area contributed by atoms with E-state index in [0.29, 0.717) is 12.1 Å². The number of carbonyl (C=O) groups is 2. The van der Waals surface area contributed by atoms with Crippen molar-refractivity contribution < 1.29 is 27.5 Å². The molecule has 198 valence electrons. The predicted octanol–water partition coefficient (Wildman–Crippen LogP) is 4.79. The minimum atomic E-state index is -4.49. The number of ether oxygens (including phenoxy) is 1. The molecule has 2 N–H and O–H groups in total. The van der Waals surface area contributed by atoms with E-state index in [0.717, 1.165) is 63.6 Å². The average molecular weight is 517 g/mol. The molecule has 3 aliphatic rings. The van der Waals surface area contributed by atoms with Gasteiger partial charge in [0.25, 0.3) is 5.91 Å². The Morgan fingerprint density at radius 1 is 0.973 bits per heavy atom. The number of nitrogens with zero attached hydrogens (tertiary/aromatic N) is 2. The fraction of sp³-hybridized carbons (Fsp3) is 0.519. The van der Waals surface area contributed by atoms with Crippen molar-refractivity contribution in [3.05, 3.63) is 53.7 Å². The molecule has 1 aromatic carbocycles. The molecule has 0 radical (unpaired) electrons. The van der Waals surface area contributed by atoms with Gasteiger partial charge in [-0.1, -0.05) is 18.2 Å². The number of halogens is 3. The SMILES string of the molecule is O=C(CC12CCCN1CCC2)Nc1ccc(C2(NC(=O)c3cccc(OCC(F)(F)F)n3)CCC2)cc1. The maximum absolute atomic E-state index is 12.9. The topological polar surface area (TPSA) is 83.6 Å². The van der Waals surface area contributed by atoms with Gasteiger partial charge in [-0.05, 0) is 81.8 Å². The van der Waals surface area contributed by atoms with Crippen molar-refractivity contribution in [2.45, 2.75) is 68.6 Å². The Bertz CT molecular complexity index is 1140. The fourth-order valence-electron chi connectivity index (χ4n) is 5.97. The van der Waals surface area contributed by atoms with Crippen molar-refractivity contribution in [3.63, 3.8) is 0 Å². The summed E-state index contributed by atoms with van der Waals surface area (Å²) in [6.07, 6.45) is 2.86. The number of anilines is 1. The van der Waals surface area contributed by atoms with E-state index in [2.05, 4.69) is 25.3 Å². The molecule has 10 heteroatoms. The second-order valence-corrected chi connectivity index (χ2v) is 10.4. The molecule has 7 nitrogen and oxygen atoms in total. The first-order valence-electron chi connectivity index (χ1n) is 12.8. The van der Waals surface area contributed by atoms with E-state index in [1.54, 1.807) is 0 Å². The number of hydrogen-bond donors (Lipinski definition) is 2. The Morgan fingerprint density at radius 2 is 1.68 bits per heavy atom. The number of nitrogens with one attached hydrogen (secondary N) is 2. The van der Waals surface area contributed by atoms with Crippen LogP contribution in [0, 0.1) is 0 Å². The number of benzene rings is 1. The van der Waals surface area contributed by atoms with Crippen LogP contribution in [-0.2, 0) is 10.3 Å². The van der Waals surface area contributed by atoms with E-state index in [1.165, 1.54) is 18.2 Å². The molecule has 1 aliphatic carbocycles. The van der Waals surface area contributed by atoms with E-state index < -0.39 is 24.2 Å². The van der Waals surface area contributed by atoms with Crippen LogP contribution >= 0.6 is 0 Å². The minimum absolute atomic E-state index is 0.0120. The van der Waals surface area contributed by atoms with Gasteiger partial charge in [-0.15, -0.1) is 0 Å². The van der Waals surface area contributed by atoms with E-state index in [9.17, 15) is 22.8 Å². The standard InChI is InChI=1S/C27H31F3N4O3/c28-27(29,30)18-37-23-6-1-5-21(32-23)24(36)33-26(13-2-14-26)19-7-9-20(10-8-19)31-22(35)17-25-11-3-15-34(25)16-4-12-25/h1,5-10H,2-4,11-18H2,(H,31,35)(H,33,36). The van der Waals surface area contributed by atoms with Crippen LogP contribution in [0.3, 0.4) is 0 Å². The average Bonchev–Trinajstić information content (AvgIpc) is 3.40. The number of carbonyl (C=O) groups excluding carboxylic acids is 2. The predicted molar refractivity (Wildman–Crippen MR) is 131 cm³/mol. The highest BCUT2D eigenvalue weighted by atomic mass is 19.4. The molecular weight excluding hydrogens is 485 g/mol. The van der Waals surface area contributed by atoms with Crippen molar-refractivity contribution in [2.24, 2.45) is 0 Å². The number of hydrogen-bond acceptors (Lipinski definition) is 5. The second-order valence-electron chi connectivity index (χ2n) is 10.4. The van der Waals surface area contributed by atoms with E-state index in [4.69, 9.17) is 0 Å². The highest BCUT2D eigenvalue weighted by Gasteiger charge is 2.45. The maximum Gasteiger partial charge on any atom is 0.422 e. The summed E-state index contributed by atoms with van der Waals surface area (Å²) in [7, 11) is 0. The van der Waals surface area contributed by atoms with Crippen LogP contribution in [0.5, 0.6) is 5.88 Å². The lowest BCUT2D eigenvalue weighted by Crippen LogP contribution is -2.51. The van der Waals surface area contributed by atoms with E-state index >= 15 is 0 Å². The molecule has 2 aliphatic heterocycles. The molecule has 2 aromatic rings. The van der Waals surface area contributed by atoms with Gasteiger partial charge in [0, 0.05) is 23.7 Å². The van der Waals surface area contributed by atoms with Crippen LogP contribution in [0.4, 0.5) is 18.9 Å². The summed E-state index contributed by atoms with van der Waals surface area (Å²) in [6.45, 7) is 0.684. The third-order valence-electron chi connectivity index (χ3n) is 7.92. The molecule has 3 heterocycles. The maximum atomic E-state index is 12.9. The van der Waals surface area contributed by atoms with Gasteiger partial charge < -0.3 is 15.4 Å². The summed E-state index contributed by atoms with van der Waals surface area (Å²) in [5, 5.41) is 6.05. The smallest absolute Gasteiger partial charge is 0.422 e. The molecule has 0 unspecified atom stereocenters. The van der Waals surface area contributed by atoms with Crippen LogP contribution in [0.1, 0.15) is 67.4 Å². The lowest BCUT2D eigenvalue weighted by molar-refractivity contribution is -0.154. The first kappa shape index (κ1) is 25.5. The number of fused-ring (bicyclic) bond motifs is 1. The van der Waals surface area contributed by atoms with Crippen molar-refractivity contribution in [1.29, 1.82) is 0 Å². The zero-order chi connectivity index (χ0) is 26.1. The third-order valence-corrected chi connectivity index (χ3v) is 7.92. The summed E-state index contributed by atoms with van der Waals surface area (Å²) in [5.74, 6) is -0.719. The molecule has 1 saturated carbocycles. The lowest BCUT2D eigenvalue weighted by atomic mass is 9.71. The minimum Gasteiger partial charge on any atom is -0.468 e. The largest absolute Gasteiger partial charge is 0.468 e. The van der Waals surface area contributed by atoms with Gasteiger partial charge >= 0.3 is 6.18 Å². The van der Waals surface area contributed by atoms with Crippen LogP contribution in [-0.4, -0.2) is 53.1 Å². The Morgan fingerprint density at radius 3 is 2.30 bits per heavy atom. The van der Waals surface area contributed by atoms with Crippen molar-refractivity contribution in [1.82, 2.24) is 15.2 Å². The Hall–Kier alpha value is -3.14. The summed E-state index contributed by atoms with van der Waals surface area (Å²) in [4.78, 5) is 32.1. The Balaban J connectivity index is 1.21. The number of pyridine rings is 1. The van der Waals surface area contributed by atoms with Gasteiger partial charge in [0.05, 0.1) is 5.54 Å². The zero-order valence-electron chi connectivity index (χ0n) is 20.6. The van der Waals surface area contributed by atoms with Crippen LogP contribution in [0.15, 0.2) is 42.5 Å². The number of amides is 2. The molecular formula is C27H31F3N4O3. The third kappa shape index (κ3) is 5.58. The highest BCUT2D eigenvalue weighted by molar-refractivity contribution is 5.93. The fourth-order valence-corrected chi connectivity index (χ4v) is 5.97. The van der Waals surface area contributed by atoms with Gasteiger partial charge in [0.15, 0.2) is 6.61 Å². The summed E-state index contributed by atoms with van der Waals surface area (Å²) < 4.78 is 42.0. The second kappa shape index (κ2) is 9.96. The number of aromatic nitrogens is 1. The Kier molecular flexibility index (Phi) is 6.87. The number of rotatable bonds is 8. The molecule has 3 fully saturated rings. The van der Waals surface area contributed by atoms with Crippen molar-refractivity contribution in [2.75, 3.05) is 25.0 Å². The van der Waals surface area contributed by atoms with E-state index in [-0.39, 0.29) is 23.0 Å². The quantitative estimate of drug-likeness (QED) is 0.527. The first-order chi connectivity index (χ1) is 17.7. The van der Waals surface area contributed by atoms with E-state index in [1.807, 2.05) is 24.3 Å². The summed E-state index contributed by atoms with van der Waals surface area (Å²) in [6, 6.07) is 11.7. The van der Waals surface area contributed by atoms with Crippen LogP contribution < -0.4 is 15.4 Å². The zero-order valence-corrected chi connectivity index (χ0v) is 20.6. The number of alkyl halides is 3. The summed E-state index contributed by atoms with van der Waals surface area (Å²) in [5.41, 5.74) is 1.04. The molecule has 5 rings (SSSR count). The van der Waals surface area contributed by atoms with Crippen molar-refractivity contribution in [3.8, 4) is 5.88 Å². The molecule has 2 amide bonds. The molecule has 0 atom stereocenters. The van der Waals surface area contributed by atoms with Gasteiger partial charge in [-0.2, -0.15) is 13.2 Å². The summed E-state index contributed by atoms with van der Waals surface area (Å²) >= 11 is 0.